The van der Waals surface area contributed by atoms with Crippen LogP contribution in [-0.4, -0.2) is 6.54 Å². The van der Waals surface area contributed by atoms with Crippen LogP contribution in [0.15, 0.2) is 54.6 Å². The molecule has 2 aromatic carbocycles. The number of hydrogen-bond donors (Lipinski definition) is 2. The van der Waals surface area contributed by atoms with Gasteiger partial charge in [-0.15, -0.1) is 0 Å². The van der Waals surface area contributed by atoms with Gasteiger partial charge in [0.05, 0.1) is 11.4 Å². The average molecular weight is 226 g/mol. The Morgan fingerprint density at radius 2 is 1.47 bits per heavy atom. The van der Waals surface area contributed by atoms with E-state index >= 15 is 0 Å². The molecule has 0 unspecified atom stereocenters. The van der Waals surface area contributed by atoms with Crippen LogP contribution in [0.3, 0.4) is 0 Å². The fourth-order valence-electron chi connectivity index (χ4n) is 1.68. The summed E-state index contributed by atoms with van der Waals surface area (Å²) >= 11 is 0. The molecular formula is C15H18N2. The van der Waals surface area contributed by atoms with Crippen molar-refractivity contribution < 1.29 is 0 Å². The zero-order chi connectivity index (χ0) is 11.9. The van der Waals surface area contributed by atoms with Gasteiger partial charge in [-0.1, -0.05) is 37.3 Å². The van der Waals surface area contributed by atoms with Crippen LogP contribution in [0.2, 0.25) is 0 Å². The molecule has 2 heteroatoms. The molecule has 0 fully saturated rings. The van der Waals surface area contributed by atoms with Crippen molar-refractivity contribution in [3.8, 4) is 0 Å². The van der Waals surface area contributed by atoms with Crippen LogP contribution in [0.5, 0.6) is 0 Å². The number of para-hydroxylation sites is 3. The van der Waals surface area contributed by atoms with Crippen molar-refractivity contribution in [3.05, 3.63) is 54.6 Å². The van der Waals surface area contributed by atoms with Crippen LogP contribution < -0.4 is 10.6 Å². The van der Waals surface area contributed by atoms with Crippen molar-refractivity contribution >= 4 is 17.1 Å². The molecule has 0 radical (unpaired) electrons. The van der Waals surface area contributed by atoms with Gasteiger partial charge in [-0.2, -0.15) is 0 Å². The summed E-state index contributed by atoms with van der Waals surface area (Å²) in [5, 5.41) is 6.84. The molecule has 0 amide bonds. The Bertz CT molecular complexity index is 451. The first-order valence-electron chi connectivity index (χ1n) is 6.05. The molecule has 2 rings (SSSR count). The van der Waals surface area contributed by atoms with Crippen LogP contribution >= 0.6 is 0 Å². The summed E-state index contributed by atoms with van der Waals surface area (Å²) in [6, 6.07) is 18.5. The van der Waals surface area contributed by atoms with Gasteiger partial charge in [-0.25, -0.2) is 0 Å². The average Bonchev–Trinajstić information content (AvgIpc) is 2.39. The Labute approximate surface area is 103 Å². The van der Waals surface area contributed by atoms with Crippen LogP contribution in [0.25, 0.3) is 0 Å². The van der Waals surface area contributed by atoms with E-state index in [1.165, 1.54) is 0 Å². The normalized spacial score (nSPS) is 9.94. The third kappa shape index (κ3) is 3.25. The maximum Gasteiger partial charge on any atom is 0.0620 e. The lowest BCUT2D eigenvalue weighted by Crippen LogP contribution is -2.02. The van der Waals surface area contributed by atoms with E-state index in [9.17, 15) is 0 Å². The fourth-order valence-corrected chi connectivity index (χ4v) is 1.68. The van der Waals surface area contributed by atoms with E-state index in [0.29, 0.717) is 0 Å². The number of nitrogens with one attached hydrogen (secondary N) is 2. The van der Waals surface area contributed by atoms with Crippen LogP contribution in [-0.2, 0) is 0 Å². The van der Waals surface area contributed by atoms with Gasteiger partial charge in [0.25, 0.3) is 0 Å². The molecule has 2 nitrogen and oxygen atoms in total. The molecule has 0 saturated heterocycles. The first kappa shape index (κ1) is 11.5. The minimum atomic E-state index is 0.994. The van der Waals surface area contributed by atoms with Crippen LogP contribution in [0.1, 0.15) is 13.3 Å². The number of benzene rings is 2. The zero-order valence-electron chi connectivity index (χ0n) is 10.1. The lowest BCUT2D eigenvalue weighted by Gasteiger charge is -2.13. The summed E-state index contributed by atoms with van der Waals surface area (Å²) in [5.41, 5.74) is 3.38. The van der Waals surface area contributed by atoms with Gasteiger partial charge in [0.1, 0.15) is 0 Å². The van der Waals surface area contributed by atoms with Gasteiger partial charge in [0.2, 0.25) is 0 Å². The second kappa shape index (κ2) is 5.94. The highest BCUT2D eigenvalue weighted by atomic mass is 15.0. The van der Waals surface area contributed by atoms with Gasteiger partial charge in [-0.3, -0.25) is 0 Å². The van der Waals surface area contributed by atoms with Gasteiger partial charge in [0, 0.05) is 12.2 Å². The highest BCUT2D eigenvalue weighted by Gasteiger charge is 2.00. The Kier molecular flexibility index (Phi) is 4.03. The van der Waals surface area contributed by atoms with E-state index in [1.54, 1.807) is 0 Å². The van der Waals surface area contributed by atoms with Crippen molar-refractivity contribution in [1.29, 1.82) is 0 Å². The van der Waals surface area contributed by atoms with E-state index < -0.39 is 0 Å². The maximum absolute atomic E-state index is 3.42. The summed E-state index contributed by atoms with van der Waals surface area (Å²) < 4.78 is 0. The topological polar surface area (TPSA) is 24.1 Å². The number of anilines is 3. The van der Waals surface area contributed by atoms with Gasteiger partial charge in [0.15, 0.2) is 0 Å². The summed E-state index contributed by atoms with van der Waals surface area (Å²) in [5.74, 6) is 0. The van der Waals surface area contributed by atoms with Crippen LogP contribution in [0, 0.1) is 0 Å². The largest absolute Gasteiger partial charge is 0.383 e. The van der Waals surface area contributed by atoms with E-state index in [1.807, 2.05) is 30.3 Å². The SMILES string of the molecule is CCCNc1ccccc1Nc1ccccc1. The zero-order valence-corrected chi connectivity index (χ0v) is 10.1. The lowest BCUT2D eigenvalue weighted by molar-refractivity contribution is 0.980. The molecule has 0 atom stereocenters. The fraction of sp³-hybridized carbons (Fsp3) is 0.200. The van der Waals surface area contributed by atoms with Crippen molar-refractivity contribution in [1.82, 2.24) is 0 Å². The summed E-state index contributed by atoms with van der Waals surface area (Å²) in [6.07, 6.45) is 1.12. The lowest BCUT2D eigenvalue weighted by atomic mass is 10.2. The Hall–Kier alpha value is -1.96. The molecule has 0 aromatic heterocycles. The molecule has 0 aliphatic rings. The third-order valence-corrected chi connectivity index (χ3v) is 2.55. The number of rotatable bonds is 5. The smallest absolute Gasteiger partial charge is 0.0620 e. The first-order chi connectivity index (χ1) is 8.40. The Morgan fingerprint density at radius 3 is 2.18 bits per heavy atom. The predicted octanol–water partition coefficient (Wildman–Crippen LogP) is 4.25. The Morgan fingerprint density at radius 1 is 0.824 bits per heavy atom. The highest BCUT2D eigenvalue weighted by Crippen LogP contribution is 2.24. The van der Waals surface area contributed by atoms with E-state index in [2.05, 4.69) is 41.8 Å². The van der Waals surface area contributed by atoms with Crippen molar-refractivity contribution in [2.75, 3.05) is 17.2 Å². The maximum atomic E-state index is 3.42. The molecule has 0 bridgehead atoms. The van der Waals surface area contributed by atoms with Crippen molar-refractivity contribution in [2.45, 2.75) is 13.3 Å². The van der Waals surface area contributed by atoms with Gasteiger partial charge >= 0.3 is 0 Å². The van der Waals surface area contributed by atoms with E-state index in [0.717, 1.165) is 30.0 Å². The molecule has 0 heterocycles. The van der Waals surface area contributed by atoms with Gasteiger partial charge in [-0.05, 0) is 30.7 Å². The molecule has 0 saturated carbocycles. The molecule has 88 valence electrons. The summed E-state index contributed by atoms with van der Waals surface area (Å²) in [6.45, 7) is 3.16. The first-order valence-corrected chi connectivity index (χ1v) is 6.05. The Balaban J connectivity index is 2.15. The van der Waals surface area contributed by atoms with E-state index in [4.69, 9.17) is 0 Å². The second-order valence-corrected chi connectivity index (χ2v) is 3.96. The molecule has 2 N–H and O–H groups in total. The third-order valence-electron chi connectivity index (χ3n) is 2.55. The van der Waals surface area contributed by atoms with Gasteiger partial charge < -0.3 is 10.6 Å². The summed E-state index contributed by atoms with van der Waals surface area (Å²) in [7, 11) is 0. The monoisotopic (exact) mass is 226 g/mol. The minimum absolute atomic E-state index is 0.994. The van der Waals surface area contributed by atoms with Crippen molar-refractivity contribution in [2.24, 2.45) is 0 Å². The highest BCUT2D eigenvalue weighted by molar-refractivity contribution is 5.74. The second-order valence-electron chi connectivity index (χ2n) is 3.96. The molecular weight excluding hydrogens is 208 g/mol. The minimum Gasteiger partial charge on any atom is -0.383 e. The standard InChI is InChI=1S/C15H18N2/c1-2-12-16-14-10-6-7-11-15(14)17-13-8-4-3-5-9-13/h3-11,16-17H,2,12H2,1H3. The molecule has 0 aliphatic carbocycles. The molecule has 0 spiro atoms. The quantitative estimate of drug-likeness (QED) is 0.796. The van der Waals surface area contributed by atoms with Crippen molar-refractivity contribution in [3.63, 3.8) is 0 Å². The molecule has 0 aliphatic heterocycles. The molecule has 17 heavy (non-hydrogen) atoms. The van der Waals surface area contributed by atoms with E-state index in [-0.39, 0.29) is 0 Å². The number of hydrogen-bond acceptors (Lipinski definition) is 2. The van der Waals surface area contributed by atoms with Crippen LogP contribution in [0.4, 0.5) is 17.1 Å². The molecule has 2 aromatic rings. The predicted molar refractivity (Wildman–Crippen MR) is 74.9 cm³/mol. The summed E-state index contributed by atoms with van der Waals surface area (Å²) in [4.78, 5) is 0.